The van der Waals surface area contributed by atoms with Crippen LogP contribution in [0.15, 0.2) is 30.5 Å². The summed E-state index contributed by atoms with van der Waals surface area (Å²) in [6, 6.07) is 6.04. The van der Waals surface area contributed by atoms with Crippen LogP contribution in [0.25, 0.3) is 5.69 Å². The van der Waals surface area contributed by atoms with E-state index in [2.05, 4.69) is 10.4 Å². The lowest BCUT2D eigenvalue weighted by Crippen LogP contribution is -2.31. The van der Waals surface area contributed by atoms with E-state index in [1.54, 1.807) is 28.8 Å². The zero-order valence-corrected chi connectivity index (χ0v) is 13.6. The van der Waals surface area contributed by atoms with Gasteiger partial charge in [-0.1, -0.05) is 0 Å². The molecule has 1 N–H and O–H groups in total. The zero-order valence-electron chi connectivity index (χ0n) is 13.6. The van der Waals surface area contributed by atoms with Crippen LogP contribution in [0, 0.1) is 18.7 Å². The summed E-state index contributed by atoms with van der Waals surface area (Å²) in [5.41, 5.74) is 2.42. The number of benzene rings is 1. The summed E-state index contributed by atoms with van der Waals surface area (Å²) in [4.78, 5) is 25.3. The minimum atomic E-state index is -0.300. The molecule has 1 aromatic heterocycles. The predicted octanol–water partition coefficient (Wildman–Crippen LogP) is 1.41. The maximum atomic E-state index is 13.0. The van der Waals surface area contributed by atoms with Crippen LogP contribution in [0.1, 0.15) is 17.7 Å². The molecular formula is C17H19FN4O2. The van der Waals surface area contributed by atoms with Crippen molar-refractivity contribution in [3.05, 3.63) is 47.5 Å². The second-order valence-electron chi connectivity index (χ2n) is 6.05. The first-order valence-electron chi connectivity index (χ1n) is 7.77. The van der Waals surface area contributed by atoms with Gasteiger partial charge < -0.3 is 10.2 Å². The zero-order chi connectivity index (χ0) is 17.3. The second kappa shape index (κ2) is 6.43. The van der Waals surface area contributed by atoms with Crippen LogP contribution in [0.2, 0.25) is 0 Å². The van der Waals surface area contributed by atoms with E-state index in [4.69, 9.17) is 0 Å². The minimum absolute atomic E-state index is 0.00420. The van der Waals surface area contributed by atoms with E-state index in [1.807, 2.05) is 13.1 Å². The molecule has 7 heteroatoms. The van der Waals surface area contributed by atoms with E-state index in [-0.39, 0.29) is 30.0 Å². The predicted molar refractivity (Wildman–Crippen MR) is 85.8 cm³/mol. The molecule has 1 fully saturated rings. The summed E-state index contributed by atoms with van der Waals surface area (Å²) in [5.74, 6) is -0.724. The van der Waals surface area contributed by atoms with Gasteiger partial charge in [-0.25, -0.2) is 9.07 Å². The van der Waals surface area contributed by atoms with E-state index in [0.717, 1.165) is 16.9 Å². The van der Waals surface area contributed by atoms with Crippen molar-refractivity contribution >= 4 is 11.8 Å². The molecule has 0 bridgehead atoms. The fraction of sp³-hybridized carbons (Fsp3) is 0.353. The van der Waals surface area contributed by atoms with Crippen LogP contribution < -0.4 is 5.32 Å². The summed E-state index contributed by atoms with van der Waals surface area (Å²) >= 11 is 0. The lowest BCUT2D eigenvalue weighted by molar-refractivity contribution is -0.128. The van der Waals surface area contributed by atoms with Gasteiger partial charge >= 0.3 is 0 Å². The van der Waals surface area contributed by atoms with Crippen LogP contribution in [0.4, 0.5) is 4.39 Å². The molecule has 1 unspecified atom stereocenters. The highest BCUT2D eigenvalue weighted by atomic mass is 19.1. The average Bonchev–Trinajstić information content (AvgIpc) is 3.09. The Labute approximate surface area is 139 Å². The molecule has 1 aromatic carbocycles. The van der Waals surface area contributed by atoms with Gasteiger partial charge in [-0.15, -0.1) is 0 Å². The van der Waals surface area contributed by atoms with Crippen molar-refractivity contribution in [2.75, 3.05) is 13.6 Å². The number of likely N-dealkylation sites (tertiary alicyclic amines) is 1. The highest BCUT2D eigenvalue weighted by Gasteiger charge is 2.31. The average molecular weight is 330 g/mol. The number of aryl methyl sites for hydroxylation is 1. The topological polar surface area (TPSA) is 67.2 Å². The molecule has 0 aliphatic carbocycles. The van der Waals surface area contributed by atoms with E-state index in [1.165, 1.54) is 12.1 Å². The molecule has 1 aliphatic rings. The highest BCUT2D eigenvalue weighted by Crippen LogP contribution is 2.17. The van der Waals surface area contributed by atoms with Gasteiger partial charge in [-0.2, -0.15) is 5.10 Å². The van der Waals surface area contributed by atoms with Gasteiger partial charge in [-0.05, 0) is 31.2 Å². The number of nitrogens with one attached hydrogen (secondary N) is 1. The van der Waals surface area contributed by atoms with Crippen LogP contribution in [-0.2, 0) is 16.1 Å². The Kier molecular flexibility index (Phi) is 4.33. The molecule has 6 nitrogen and oxygen atoms in total. The third-order valence-corrected chi connectivity index (χ3v) is 4.26. The van der Waals surface area contributed by atoms with E-state index < -0.39 is 0 Å². The monoisotopic (exact) mass is 330 g/mol. The van der Waals surface area contributed by atoms with Crippen LogP contribution in [0.5, 0.6) is 0 Å². The lowest BCUT2D eigenvalue weighted by atomic mass is 10.1. The molecule has 2 aromatic rings. The van der Waals surface area contributed by atoms with Crippen LogP contribution in [-0.4, -0.2) is 40.1 Å². The summed E-state index contributed by atoms with van der Waals surface area (Å²) in [5, 5.41) is 7.26. The SMILES string of the molecule is Cc1nn(-c2ccc(F)cc2)cc1CNC(=O)C1CC(=O)N(C)C1. The van der Waals surface area contributed by atoms with Crippen molar-refractivity contribution in [1.29, 1.82) is 0 Å². The number of carbonyl (C=O) groups is 2. The molecule has 1 aliphatic heterocycles. The number of rotatable bonds is 4. The van der Waals surface area contributed by atoms with Gasteiger partial charge in [0.2, 0.25) is 11.8 Å². The minimum Gasteiger partial charge on any atom is -0.352 e. The molecule has 1 saturated heterocycles. The Bertz CT molecular complexity index is 769. The Hall–Kier alpha value is -2.70. The summed E-state index contributed by atoms with van der Waals surface area (Å²) < 4.78 is 14.7. The van der Waals surface area contributed by atoms with E-state index in [0.29, 0.717) is 13.1 Å². The normalized spacial score (nSPS) is 17.4. The molecule has 0 radical (unpaired) electrons. The van der Waals surface area contributed by atoms with Crippen LogP contribution in [0.3, 0.4) is 0 Å². The fourth-order valence-electron chi connectivity index (χ4n) is 2.76. The molecule has 1 atom stereocenters. The number of aromatic nitrogens is 2. The summed E-state index contributed by atoms with van der Waals surface area (Å²) in [6.45, 7) is 2.66. The van der Waals surface area contributed by atoms with Gasteiger partial charge in [0.05, 0.1) is 17.3 Å². The summed E-state index contributed by atoms with van der Waals surface area (Å²) in [7, 11) is 1.70. The van der Waals surface area contributed by atoms with Crippen LogP contribution >= 0.6 is 0 Å². The Morgan fingerprint density at radius 1 is 1.38 bits per heavy atom. The molecule has 3 rings (SSSR count). The van der Waals surface area contributed by atoms with Crippen molar-refractivity contribution in [1.82, 2.24) is 20.0 Å². The first kappa shape index (κ1) is 16.2. The maximum Gasteiger partial charge on any atom is 0.225 e. The van der Waals surface area contributed by atoms with Crippen molar-refractivity contribution in [2.24, 2.45) is 5.92 Å². The Balaban J connectivity index is 1.65. The standard InChI is InChI=1S/C17H19FN4O2/c1-11-13(8-19-17(24)12-7-16(23)21(2)9-12)10-22(20-11)15-5-3-14(18)4-6-15/h3-6,10,12H,7-9H2,1-2H3,(H,19,24). The van der Waals surface area contributed by atoms with E-state index in [9.17, 15) is 14.0 Å². The van der Waals surface area contributed by atoms with Gasteiger partial charge in [0.1, 0.15) is 5.82 Å². The summed E-state index contributed by atoms with van der Waals surface area (Å²) in [6.07, 6.45) is 2.07. The van der Waals surface area contributed by atoms with E-state index >= 15 is 0 Å². The maximum absolute atomic E-state index is 13.0. The smallest absolute Gasteiger partial charge is 0.225 e. The lowest BCUT2D eigenvalue weighted by Gasteiger charge is -2.10. The molecule has 2 heterocycles. The molecule has 126 valence electrons. The number of carbonyl (C=O) groups excluding carboxylic acids is 2. The number of hydrogen-bond acceptors (Lipinski definition) is 3. The third kappa shape index (κ3) is 3.29. The fourth-order valence-corrected chi connectivity index (χ4v) is 2.76. The molecular weight excluding hydrogens is 311 g/mol. The highest BCUT2D eigenvalue weighted by molar-refractivity contribution is 5.89. The quantitative estimate of drug-likeness (QED) is 0.922. The Morgan fingerprint density at radius 2 is 2.08 bits per heavy atom. The van der Waals surface area contributed by atoms with Gasteiger partial charge in [0, 0.05) is 38.3 Å². The number of nitrogens with zero attached hydrogens (tertiary/aromatic N) is 3. The third-order valence-electron chi connectivity index (χ3n) is 4.26. The van der Waals surface area contributed by atoms with Gasteiger partial charge in [-0.3, -0.25) is 9.59 Å². The molecule has 2 amide bonds. The molecule has 0 spiro atoms. The van der Waals surface area contributed by atoms with Crippen molar-refractivity contribution in [3.8, 4) is 5.69 Å². The molecule has 24 heavy (non-hydrogen) atoms. The van der Waals surface area contributed by atoms with Gasteiger partial charge in [0.25, 0.3) is 0 Å². The van der Waals surface area contributed by atoms with Crippen molar-refractivity contribution in [2.45, 2.75) is 19.9 Å². The largest absolute Gasteiger partial charge is 0.352 e. The van der Waals surface area contributed by atoms with Crippen molar-refractivity contribution in [3.63, 3.8) is 0 Å². The van der Waals surface area contributed by atoms with Crippen molar-refractivity contribution < 1.29 is 14.0 Å². The first-order valence-corrected chi connectivity index (χ1v) is 7.77. The second-order valence-corrected chi connectivity index (χ2v) is 6.05. The number of hydrogen-bond donors (Lipinski definition) is 1. The Morgan fingerprint density at radius 3 is 2.71 bits per heavy atom. The number of halogens is 1. The first-order chi connectivity index (χ1) is 11.4. The molecule has 0 saturated carbocycles. The number of amides is 2. The van der Waals surface area contributed by atoms with Gasteiger partial charge in [0.15, 0.2) is 0 Å².